The molecule has 3 N–H and O–H groups in total. The molecule has 11 heteroatoms. The molecule has 0 aliphatic rings. The van der Waals surface area contributed by atoms with E-state index in [1.54, 1.807) is 0 Å². The summed E-state index contributed by atoms with van der Waals surface area (Å²) in [5.41, 5.74) is 13.8. The van der Waals surface area contributed by atoms with Gasteiger partial charge < -0.3 is 21.1 Å². The second kappa shape index (κ2) is 11.9. The van der Waals surface area contributed by atoms with Crippen molar-refractivity contribution in [3.05, 3.63) is 18.2 Å². The Morgan fingerprint density at radius 2 is 1.84 bits per heavy atom. The van der Waals surface area contributed by atoms with Crippen LogP contribution in [0.5, 0.6) is 0 Å². The van der Waals surface area contributed by atoms with Gasteiger partial charge in [-0.2, -0.15) is 18.0 Å². The van der Waals surface area contributed by atoms with Gasteiger partial charge in [0.1, 0.15) is 6.61 Å². The SMILES string of the molecule is C=CCOC(=O)C(=[N+]=[N-])C(=O)C[C@@H](N)CC(C)C.O=C(O)C(F)(F)F. The molecule has 0 unspecified atom stereocenters. The molecular formula is C14H20F3N3O5. The second-order valence-corrected chi connectivity index (χ2v) is 5.16. The van der Waals surface area contributed by atoms with Crippen molar-refractivity contribution in [2.75, 3.05) is 6.61 Å². The molecular weight excluding hydrogens is 347 g/mol. The van der Waals surface area contributed by atoms with Crippen LogP contribution in [0.1, 0.15) is 26.7 Å². The quantitative estimate of drug-likeness (QED) is 0.165. The summed E-state index contributed by atoms with van der Waals surface area (Å²) in [6.45, 7) is 7.26. The summed E-state index contributed by atoms with van der Waals surface area (Å²) in [6.07, 6.45) is -3.14. The van der Waals surface area contributed by atoms with E-state index in [1.165, 1.54) is 6.08 Å². The molecule has 0 heterocycles. The molecule has 0 bridgehead atoms. The summed E-state index contributed by atoms with van der Waals surface area (Å²) < 4.78 is 36.4. The van der Waals surface area contributed by atoms with Crippen LogP contribution in [-0.2, 0) is 19.1 Å². The second-order valence-electron chi connectivity index (χ2n) is 5.16. The van der Waals surface area contributed by atoms with Gasteiger partial charge in [0.15, 0.2) is 0 Å². The topological polar surface area (TPSA) is 143 Å². The number of aliphatic carboxylic acids is 1. The zero-order valence-electron chi connectivity index (χ0n) is 13.7. The molecule has 0 aromatic rings. The van der Waals surface area contributed by atoms with Crippen molar-refractivity contribution in [1.82, 2.24) is 0 Å². The highest BCUT2D eigenvalue weighted by molar-refractivity contribution is 6.62. The molecule has 0 aliphatic heterocycles. The average molecular weight is 367 g/mol. The van der Waals surface area contributed by atoms with Crippen LogP contribution in [0.2, 0.25) is 0 Å². The van der Waals surface area contributed by atoms with Crippen molar-refractivity contribution >= 4 is 23.4 Å². The predicted octanol–water partition coefficient (Wildman–Crippen LogP) is 1.35. The molecule has 8 nitrogen and oxygen atoms in total. The number of nitrogens with zero attached hydrogens (tertiary/aromatic N) is 2. The van der Waals surface area contributed by atoms with Gasteiger partial charge in [-0.05, 0) is 12.3 Å². The molecule has 0 spiro atoms. The van der Waals surface area contributed by atoms with Crippen LogP contribution in [0, 0.1) is 5.92 Å². The van der Waals surface area contributed by atoms with Gasteiger partial charge in [0.25, 0.3) is 5.78 Å². The molecule has 0 fully saturated rings. The lowest BCUT2D eigenvalue weighted by molar-refractivity contribution is -0.192. The Hall–Kier alpha value is -2.52. The third-order valence-electron chi connectivity index (χ3n) is 2.35. The molecule has 0 aromatic carbocycles. The number of hydrogen-bond donors (Lipinski definition) is 2. The lowest BCUT2D eigenvalue weighted by Gasteiger charge is -2.11. The van der Waals surface area contributed by atoms with Gasteiger partial charge in [-0.15, -0.1) is 0 Å². The minimum Gasteiger partial charge on any atom is -0.475 e. The highest BCUT2D eigenvalue weighted by atomic mass is 19.4. The predicted molar refractivity (Wildman–Crippen MR) is 80.5 cm³/mol. The largest absolute Gasteiger partial charge is 0.490 e. The van der Waals surface area contributed by atoms with Gasteiger partial charge >= 0.3 is 23.8 Å². The van der Waals surface area contributed by atoms with Crippen LogP contribution in [-0.4, -0.2) is 52.2 Å². The van der Waals surface area contributed by atoms with Crippen LogP contribution >= 0.6 is 0 Å². The molecule has 142 valence electrons. The minimum absolute atomic E-state index is 0.0524. The molecule has 0 aromatic heterocycles. The Morgan fingerprint density at radius 3 is 2.16 bits per heavy atom. The number of ether oxygens (including phenoxy) is 1. The lowest BCUT2D eigenvalue weighted by atomic mass is 9.98. The first-order valence-corrected chi connectivity index (χ1v) is 6.95. The number of alkyl halides is 3. The van der Waals surface area contributed by atoms with E-state index in [0.29, 0.717) is 12.3 Å². The number of rotatable bonds is 8. The van der Waals surface area contributed by atoms with Crippen molar-refractivity contribution in [2.45, 2.75) is 38.9 Å². The van der Waals surface area contributed by atoms with Gasteiger partial charge in [-0.25, -0.2) is 9.59 Å². The van der Waals surface area contributed by atoms with Crippen LogP contribution in [0.4, 0.5) is 13.2 Å². The van der Waals surface area contributed by atoms with Gasteiger partial charge in [-0.1, -0.05) is 26.5 Å². The number of carboxylic acids is 1. The fraction of sp³-hybridized carbons (Fsp3) is 0.571. The van der Waals surface area contributed by atoms with E-state index in [1.807, 2.05) is 13.8 Å². The molecule has 0 saturated carbocycles. The summed E-state index contributed by atoms with van der Waals surface area (Å²) >= 11 is 0. The number of esters is 1. The molecule has 25 heavy (non-hydrogen) atoms. The molecule has 0 rings (SSSR count). The van der Waals surface area contributed by atoms with Crippen molar-refractivity contribution < 1.29 is 42.2 Å². The van der Waals surface area contributed by atoms with Gasteiger partial charge in [-0.3, -0.25) is 4.79 Å². The fourth-order valence-corrected chi connectivity index (χ4v) is 1.44. The number of carbonyl (C=O) groups excluding carboxylic acids is 2. The lowest BCUT2D eigenvalue weighted by Crippen LogP contribution is -2.33. The van der Waals surface area contributed by atoms with E-state index in [2.05, 4.69) is 16.1 Å². The maximum Gasteiger partial charge on any atom is 0.490 e. The zero-order chi connectivity index (χ0) is 20.2. The maximum absolute atomic E-state index is 11.7. The zero-order valence-corrected chi connectivity index (χ0v) is 13.7. The van der Waals surface area contributed by atoms with Crippen LogP contribution in [0.25, 0.3) is 5.53 Å². The first-order chi connectivity index (χ1) is 11.4. The molecule has 0 aliphatic carbocycles. The number of hydrogen-bond acceptors (Lipinski definition) is 5. The molecule has 0 amide bonds. The van der Waals surface area contributed by atoms with Gasteiger partial charge in [0, 0.05) is 12.5 Å². The fourth-order valence-electron chi connectivity index (χ4n) is 1.44. The molecule has 0 saturated heterocycles. The smallest absolute Gasteiger partial charge is 0.475 e. The monoisotopic (exact) mass is 367 g/mol. The summed E-state index contributed by atoms with van der Waals surface area (Å²) in [5, 5.41) is 7.12. The normalized spacial score (nSPS) is 11.5. The highest BCUT2D eigenvalue weighted by Gasteiger charge is 2.38. The number of carbonyl (C=O) groups is 3. The Labute approximate surface area is 142 Å². The Kier molecular flexibility index (Phi) is 11.8. The molecule has 1 atom stereocenters. The first kappa shape index (κ1) is 24.7. The summed E-state index contributed by atoms with van der Waals surface area (Å²) in [5.74, 6) is -4.01. The van der Waals surface area contributed by atoms with E-state index < -0.39 is 29.6 Å². The Bertz CT molecular complexity index is 540. The maximum atomic E-state index is 11.7. The van der Waals surface area contributed by atoms with Crippen LogP contribution in [0.15, 0.2) is 12.7 Å². The standard InChI is InChI=1S/C12H19N3O3.C2HF3O2/c1-4-5-18-12(17)11(15-14)10(16)7-9(13)6-8(2)3;3-2(4,5)1(6)7/h4,8-9H,1,5-7,13H2,2-3H3;(H,6,7)/t9-;/m0./s1. The third-order valence-corrected chi connectivity index (χ3v) is 2.35. The first-order valence-electron chi connectivity index (χ1n) is 6.95. The van der Waals surface area contributed by atoms with E-state index in [9.17, 15) is 22.8 Å². The van der Waals surface area contributed by atoms with Crippen molar-refractivity contribution in [3.8, 4) is 0 Å². The average Bonchev–Trinajstić information content (AvgIpc) is 2.44. The van der Waals surface area contributed by atoms with Gasteiger partial charge in [0.2, 0.25) is 0 Å². The number of nitrogens with two attached hydrogens (primary N) is 1. The van der Waals surface area contributed by atoms with E-state index >= 15 is 0 Å². The number of carboxylic acid groups (broad SMARTS) is 1. The summed E-state index contributed by atoms with van der Waals surface area (Å²) in [7, 11) is 0. The van der Waals surface area contributed by atoms with E-state index in [0.717, 1.165) is 0 Å². The summed E-state index contributed by atoms with van der Waals surface area (Å²) in [4.78, 5) is 34.6. The number of ketones is 1. The number of halogens is 3. The summed E-state index contributed by atoms with van der Waals surface area (Å²) in [6, 6.07) is -0.374. The Balaban J connectivity index is 0. The highest BCUT2D eigenvalue weighted by Crippen LogP contribution is 2.13. The third kappa shape index (κ3) is 12.6. The van der Waals surface area contributed by atoms with Crippen LogP contribution < -0.4 is 5.73 Å². The minimum atomic E-state index is -5.08. The molecule has 0 radical (unpaired) electrons. The Morgan fingerprint density at radius 1 is 1.36 bits per heavy atom. The van der Waals surface area contributed by atoms with Crippen molar-refractivity contribution in [3.63, 3.8) is 0 Å². The van der Waals surface area contributed by atoms with Crippen molar-refractivity contribution in [1.29, 1.82) is 0 Å². The van der Waals surface area contributed by atoms with E-state index in [-0.39, 0.29) is 19.1 Å². The number of Topliss-reactive ketones (excluding diaryl/α,β-unsaturated/α-hetero) is 1. The van der Waals surface area contributed by atoms with Crippen LogP contribution in [0.3, 0.4) is 0 Å². The van der Waals surface area contributed by atoms with Crippen molar-refractivity contribution in [2.24, 2.45) is 11.7 Å². The van der Waals surface area contributed by atoms with E-state index in [4.69, 9.17) is 21.2 Å². The van der Waals surface area contributed by atoms with Gasteiger partial charge in [0.05, 0.1) is 0 Å².